The van der Waals surface area contributed by atoms with Gasteiger partial charge in [0.05, 0.1) is 5.69 Å². The Kier molecular flexibility index (Phi) is 5.53. The number of fused-ring (bicyclic) bond motifs is 1. The number of hydrogen-bond acceptors (Lipinski definition) is 5. The van der Waals surface area contributed by atoms with Gasteiger partial charge in [-0.25, -0.2) is 8.91 Å². The lowest BCUT2D eigenvalue weighted by Crippen LogP contribution is -2.30. The van der Waals surface area contributed by atoms with E-state index in [1.165, 1.54) is 23.5 Å². The predicted octanol–water partition coefficient (Wildman–Crippen LogP) is 3.64. The summed E-state index contributed by atoms with van der Waals surface area (Å²) < 4.78 is 20.6. The Morgan fingerprint density at radius 1 is 1.24 bits per heavy atom. The van der Waals surface area contributed by atoms with Gasteiger partial charge in [0.2, 0.25) is 4.96 Å². The molecule has 8 heteroatoms. The van der Waals surface area contributed by atoms with E-state index in [1.54, 1.807) is 16.6 Å². The quantitative estimate of drug-likeness (QED) is 0.505. The van der Waals surface area contributed by atoms with Crippen LogP contribution in [0.15, 0.2) is 53.9 Å². The topological polar surface area (TPSA) is 68.5 Å². The molecule has 1 N–H and O–H groups in total. The zero-order valence-corrected chi connectivity index (χ0v) is 16.6. The first kappa shape index (κ1) is 19.1. The molecule has 1 amide bonds. The van der Waals surface area contributed by atoms with Crippen LogP contribution in [0.25, 0.3) is 16.3 Å². The number of amides is 1. The molecule has 2 aromatic heterocycles. The van der Waals surface area contributed by atoms with Crippen molar-refractivity contribution in [3.8, 4) is 17.1 Å². The van der Waals surface area contributed by atoms with E-state index in [-0.39, 0.29) is 18.3 Å². The normalized spacial score (nSPS) is 11.0. The molecule has 0 aliphatic heterocycles. The van der Waals surface area contributed by atoms with Gasteiger partial charge in [0.15, 0.2) is 12.4 Å². The van der Waals surface area contributed by atoms with Gasteiger partial charge in [-0.2, -0.15) is 4.98 Å². The molecule has 0 saturated heterocycles. The molecule has 4 aromatic rings. The molecule has 0 radical (unpaired) electrons. The number of hydrogen-bond donors (Lipinski definition) is 1. The fourth-order valence-corrected chi connectivity index (χ4v) is 3.67. The molecule has 2 heterocycles. The highest BCUT2D eigenvalue weighted by molar-refractivity contribution is 7.15. The van der Waals surface area contributed by atoms with Gasteiger partial charge in [-0.15, -0.1) is 16.4 Å². The van der Waals surface area contributed by atoms with Crippen molar-refractivity contribution in [1.29, 1.82) is 0 Å². The van der Waals surface area contributed by atoms with Crippen LogP contribution in [0.4, 0.5) is 4.39 Å². The zero-order valence-electron chi connectivity index (χ0n) is 15.8. The van der Waals surface area contributed by atoms with E-state index in [4.69, 9.17) is 4.74 Å². The molecule has 0 saturated carbocycles. The van der Waals surface area contributed by atoms with Gasteiger partial charge in [0.25, 0.3) is 5.91 Å². The van der Waals surface area contributed by atoms with E-state index in [1.807, 2.05) is 36.6 Å². The molecule has 0 bridgehead atoms. The minimum atomic E-state index is -0.323. The molecule has 4 rings (SSSR count). The number of carbonyl (C=O) groups excluding carboxylic acids is 1. The summed E-state index contributed by atoms with van der Waals surface area (Å²) in [6.45, 7) is 2.42. The molecule has 0 aliphatic carbocycles. The average molecular weight is 410 g/mol. The highest BCUT2D eigenvalue weighted by Gasteiger charge is 2.12. The Balaban J connectivity index is 1.32. The number of rotatable bonds is 7. The van der Waals surface area contributed by atoms with E-state index in [0.717, 1.165) is 16.2 Å². The molecule has 0 spiro atoms. The number of ether oxygens (including phenoxy) is 1. The van der Waals surface area contributed by atoms with Gasteiger partial charge in [-0.3, -0.25) is 4.79 Å². The number of benzene rings is 2. The van der Waals surface area contributed by atoms with Gasteiger partial charge >= 0.3 is 0 Å². The summed E-state index contributed by atoms with van der Waals surface area (Å²) in [6.07, 6.45) is 0.599. The first-order valence-electron chi connectivity index (χ1n) is 9.14. The fourth-order valence-electron chi connectivity index (χ4n) is 2.81. The number of nitrogens with one attached hydrogen (secondary N) is 1. The maximum atomic E-state index is 13.4. The van der Waals surface area contributed by atoms with Gasteiger partial charge < -0.3 is 10.1 Å². The van der Waals surface area contributed by atoms with Gasteiger partial charge in [0.1, 0.15) is 11.6 Å². The van der Waals surface area contributed by atoms with Crippen LogP contribution in [-0.4, -0.2) is 33.7 Å². The van der Waals surface area contributed by atoms with Gasteiger partial charge in [-0.05, 0) is 31.2 Å². The molecule has 6 nitrogen and oxygen atoms in total. The number of aryl methyl sites for hydroxylation is 1. The van der Waals surface area contributed by atoms with E-state index in [2.05, 4.69) is 15.4 Å². The van der Waals surface area contributed by atoms with Crippen LogP contribution in [0, 0.1) is 12.7 Å². The molecule has 0 atom stereocenters. The van der Waals surface area contributed by atoms with Crippen molar-refractivity contribution in [2.24, 2.45) is 0 Å². The SMILES string of the molecule is Cc1ccc(OCC(=O)NCCc2csc3nc(-c4cccc(F)c4)nn23)cc1. The molecule has 0 fully saturated rings. The van der Waals surface area contributed by atoms with Crippen LogP contribution in [0.5, 0.6) is 5.75 Å². The molecular formula is C21H19FN4O2S. The van der Waals surface area contributed by atoms with Crippen LogP contribution in [0.1, 0.15) is 11.3 Å². The molecule has 0 aliphatic rings. The second-order valence-corrected chi connectivity index (χ2v) is 7.41. The first-order valence-corrected chi connectivity index (χ1v) is 10.0. The Labute approximate surface area is 171 Å². The largest absolute Gasteiger partial charge is 0.484 e. The highest BCUT2D eigenvalue weighted by atomic mass is 32.1. The third-order valence-corrected chi connectivity index (χ3v) is 5.19. The average Bonchev–Trinajstić information content (AvgIpc) is 3.29. The van der Waals surface area contributed by atoms with Gasteiger partial charge in [-0.1, -0.05) is 29.8 Å². The Morgan fingerprint density at radius 3 is 2.86 bits per heavy atom. The number of halogens is 1. The molecule has 148 valence electrons. The summed E-state index contributed by atoms with van der Waals surface area (Å²) in [4.78, 5) is 17.2. The number of aromatic nitrogens is 3. The summed E-state index contributed by atoms with van der Waals surface area (Å²) in [5.74, 6) is 0.637. The maximum Gasteiger partial charge on any atom is 0.257 e. The first-order chi connectivity index (χ1) is 14.1. The smallest absolute Gasteiger partial charge is 0.257 e. The lowest BCUT2D eigenvalue weighted by molar-refractivity contribution is -0.123. The van der Waals surface area contributed by atoms with Gasteiger partial charge in [0, 0.05) is 23.9 Å². The van der Waals surface area contributed by atoms with Crippen molar-refractivity contribution in [2.75, 3.05) is 13.2 Å². The summed E-state index contributed by atoms with van der Waals surface area (Å²) in [7, 11) is 0. The fraction of sp³-hybridized carbons (Fsp3) is 0.190. The van der Waals surface area contributed by atoms with Crippen molar-refractivity contribution >= 4 is 22.2 Å². The second-order valence-electron chi connectivity index (χ2n) is 6.57. The molecular weight excluding hydrogens is 391 g/mol. The summed E-state index contributed by atoms with van der Waals surface area (Å²) in [5.41, 5.74) is 2.70. The standard InChI is InChI=1S/C21H19FN4O2S/c1-14-5-7-18(8-6-14)28-12-19(27)23-10-9-17-13-29-21-24-20(25-26(17)21)15-3-2-4-16(22)11-15/h2-8,11,13H,9-10,12H2,1H3,(H,23,27). The van der Waals surface area contributed by atoms with Crippen molar-refractivity contribution in [1.82, 2.24) is 19.9 Å². The van der Waals surface area contributed by atoms with E-state index in [9.17, 15) is 9.18 Å². The molecule has 0 unspecified atom stereocenters. The third kappa shape index (κ3) is 4.60. The minimum Gasteiger partial charge on any atom is -0.484 e. The summed E-state index contributed by atoms with van der Waals surface area (Å²) in [5, 5.41) is 9.28. The van der Waals surface area contributed by atoms with Crippen LogP contribution < -0.4 is 10.1 Å². The van der Waals surface area contributed by atoms with Crippen LogP contribution in [-0.2, 0) is 11.2 Å². The number of nitrogens with zero attached hydrogens (tertiary/aromatic N) is 3. The van der Waals surface area contributed by atoms with Crippen molar-refractivity contribution in [3.63, 3.8) is 0 Å². The summed E-state index contributed by atoms with van der Waals surface area (Å²) in [6, 6.07) is 13.8. The van der Waals surface area contributed by atoms with E-state index in [0.29, 0.717) is 30.1 Å². The van der Waals surface area contributed by atoms with Crippen molar-refractivity contribution in [3.05, 3.63) is 71.0 Å². The van der Waals surface area contributed by atoms with E-state index >= 15 is 0 Å². The van der Waals surface area contributed by atoms with Crippen LogP contribution in [0.3, 0.4) is 0 Å². The zero-order chi connectivity index (χ0) is 20.2. The van der Waals surface area contributed by atoms with E-state index < -0.39 is 0 Å². The number of carbonyl (C=O) groups is 1. The highest BCUT2D eigenvalue weighted by Crippen LogP contribution is 2.21. The third-order valence-electron chi connectivity index (χ3n) is 4.33. The monoisotopic (exact) mass is 410 g/mol. The van der Waals surface area contributed by atoms with Crippen molar-refractivity contribution < 1.29 is 13.9 Å². The lowest BCUT2D eigenvalue weighted by atomic mass is 10.2. The lowest BCUT2D eigenvalue weighted by Gasteiger charge is -2.07. The molecule has 29 heavy (non-hydrogen) atoms. The summed E-state index contributed by atoms with van der Waals surface area (Å²) >= 11 is 1.46. The Bertz CT molecular complexity index is 1140. The second kappa shape index (κ2) is 8.40. The Hall–Kier alpha value is -3.26. The number of thiazole rings is 1. The molecule has 2 aromatic carbocycles. The van der Waals surface area contributed by atoms with Crippen LogP contribution in [0.2, 0.25) is 0 Å². The van der Waals surface area contributed by atoms with Crippen molar-refractivity contribution in [2.45, 2.75) is 13.3 Å². The minimum absolute atomic E-state index is 0.0326. The van der Waals surface area contributed by atoms with Crippen LogP contribution >= 0.6 is 11.3 Å². The Morgan fingerprint density at radius 2 is 2.07 bits per heavy atom. The predicted molar refractivity (Wildman–Crippen MR) is 110 cm³/mol. The maximum absolute atomic E-state index is 13.4.